The Balaban J connectivity index is 0.00000225. The van der Waals surface area contributed by atoms with Crippen LogP contribution in [0.2, 0.25) is 0 Å². The van der Waals surface area contributed by atoms with Gasteiger partial charge in [-0.1, -0.05) is 45.9 Å². The zero-order valence-electron chi connectivity index (χ0n) is 14.6. The van der Waals surface area contributed by atoms with E-state index in [0.717, 1.165) is 4.47 Å². The maximum atomic E-state index is 12.1. The summed E-state index contributed by atoms with van der Waals surface area (Å²) in [6.07, 6.45) is 7.32. The lowest BCUT2D eigenvalue weighted by Gasteiger charge is -2.17. The number of allylic oxidation sites excluding steroid dienone is 3. The third-order valence-electron chi connectivity index (χ3n) is 4.13. The van der Waals surface area contributed by atoms with Gasteiger partial charge < -0.3 is 9.67 Å². The van der Waals surface area contributed by atoms with Gasteiger partial charge in [-0.3, -0.25) is 4.79 Å². The van der Waals surface area contributed by atoms with Crippen LogP contribution in [-0.4, -0.2) is 43.1 Å². The molecule has 0 saturated carbocycles. The summed E-state index contributed by atoms with van der Waals surface area (Å²) in [5, 5.41) is 19.1. The number of benzene rings is 1. The van der Waals surface area contributed by atoms with Crippen molar-refractivity contribution in [2.45, 2.75) is 5.16 Å². The van der Waals surface area contributed by atoms with Crippen LogP contribution in [0.15, 0.2) is 62.1 Å². The molecule has 1 aliphatic heterocycles. The predicted octanol–water partition coefficient (Wildman–Crippen LogP) is 3.59. The predicted molar refractivity (Wildman–Crippen MR) is 115 cm³/mol. The number of halogens is 2. The lowest BCUT2D eigenvalue weighted by molar-refractivity contribution is -0.118. The molecule has 1 unspecified atom stereocenters. The zero-order chi connectivity index (χ0) is 19.0. The quantitative estimate of drug-likeness (QED) is 0.675. The summed E-state index contributed by atoms with van der Waals surface area (Å²) in [5.74, 6) is 0.965. The molecule has 144 valence electrons. The van der Waals surface area contributed by atoms with E-state index < -0.39 is 0 Å². The molecule has 2 aromatic rings. The Kier molecular flexibility index (Phi) is 6.17. The smallest absolute Gasteiger partial charge is 0.260 e. The standard InChI is InChI=1S/C18H14BrN5O2S.ClH/c1-24-16(12-8-10(19)6-7-14(12)25)22-23-18(24)27-9-15-20-13-5-3-2-4-11(13)17(26)21-15;/h2-8,11,25H,9H2,1H3;1H. The number of rotatable bonds is 4. The molecule has 0 saturated heterocycles. The number of amidine groups is 1. The summed E-state index contributed by atoms with van der Waals surface area (Å²) in [6.45, 7) is 0. The molecule has 28 heavy (non-hydrogen) atoms. The molecule has 0 fully saturated rings. The van der Waals surface area contributed by atoms with Gasteiger partial charge in [0.05, 0.1) is 17.0 Å². The van der Waals surface area contributed by atoms with E-state index in [1.54, 1.807) is 28.8 Å². The largest absolute Gasteiger partial charge is 0.507 e. The van der Waals surface area contributed by atoms with E-state index in [0.29, 0.717) is 33.8 Å². The van der Waals surface area contributed by atoms with E-state index in [-0.39, 0.29) is 30.0 Å². The molecule has 1 aliphatic carbocycles. The van der Waals surface area contributed by atoms with Crippen molar-refractivity contribution in [1.82, 2.24) is 14.8 Å². The molecule has 2 heterocycles. The monoisotopic (exact) mass is 479 g/mol. The molecule has 7 nitrogen and oxygen atoms in total. The Morgan fingerprint density at radius 1 is 1.25 bits per heavy atom. The third kappa shape index (κ3) is 3.96. The molecule has 1 aromatic carbocycles. The number of phenols is 1. The summed E-state index contributed by atoms with van der Waals surface area (Å²) in [6, 6.07) is 5.14. The number of amides is 1. The Morgan fingerprint density at radius 3 is 2.89 bits per heavy atom. The number of phenolic OH excluding ortho intramolecular Hbond substituents is 1. The highest BCUT2D eigenvalue weighted by Crippen LogP contribution is 2.32. The average molecular weight is 481 g/mol. The van der Waals surface area contributed by atoms with E-state index in [9.17, 15) is 9.90 Å². The van der Waals surface area contributed by atoms with Crippen molar-refractivity contribution in [3.8, 4) is 17.1 Å². The molecule has 1 amide bonds. The van der Waals surface area contributed by atoms with Crippen LogP contribution < -0.4 is 0 Å². The molecule has 2 aliphatic rings. The number of aromatic nitrogens is 3. The molecule has 1 N–H and O–H groups in total. The molecule has 1 aromatic heterocycles. The third-order valence-corrected chi connectivity index (χ3v) is 5.64. The first-order valence-electron chi connectivity index (χ1n) is 8.09. The second kappa shape index (κ2) is 8.42. The minimum absolute atomic E-state index is 0. The van der Waals surface area contributed by atoms with Gasteiger partial charge in [-0.15, -0.1) is 22.6 Å². The molecule has 0 bridgehead atoms. The number of hydrogen-bond acceptors (Lipinski definition) is 6. The average Bonchev–Trinajstić information content (AvgIpc) is 3.02. The van der Waals surface area contributed by atoms with Gasteiger partial charge in [0.15, 0.2) is 11.0 Å². The van der Waals surface area contributed by atoms with E-state index in [1.165, 1.54) is 11.8 Å². The second-order valence-corrected chi connectivity index (χ2v) is 7.80. The molecule has 10 heteroatoms. The van der Waals surface area contributed by atoms with Crippen molar-refractivity contribution >= 4 is 57.6 Å². The molecular formula is C18H15BrClN5O2S. The van der Waals surface area contributed by atoms with Crippen LogP contribution in [0.1, 0.15) is 0 Å². The van der Waals surface area contributed by atoms with Gasteiger partial charge in [0, 0.05) is 11.5 Å². The van der Waals surface area contributed by atoms with Crippen LogP contribution in [0.25, 0.3) is 11.4 Å². The number of thioether (sulfide) groups is 1. The van der Waals surface area contributed by atoms with Gasteiger partial charge >= 0.3 is 0 Å². The fourth-order valence-corrected chi connectivity index (χ4v) is 3.90. The second-order valence-electron chi connectivity index (χ2n) is 5.94. The van der Waals surface area contributed by atoms with E-state index in [2.05, 4.69) is 36.1 Å². The fraction of sp³-hybridized carbons (Fsp3) is 0.167. The SMILES string of the molecule is Cl.Cn1c(SCC2=NC(=O)C3C=CC=CC3=N2)nnc1-c1cc(Br)ccc1O. The summed E-state index contributed by atoms with van der Waals surface area (Å²) in [5.41, 5.74) is 1.30. The van der Waals surface area contributed by atoms with Gasteiger partial charge in [-0.2, -0.15) is 4.99 Å². The minimum atomic E-state index is -0.371. The highest BCUT2D eigenvalue weighted by Gasteiger charge is 2.26. The molecule has 0 radical (unpaired) electrons. The number of hydrogen-bond donors (Lipinski definition) is 1. The Hall–Kier alpha value is -2.23. The van der Waals surface area contributed by atoms with Crippen LogP contribution in [0.4, 0.5) is 0 Å². The minimum Gasteiger partial charge on any atom is -0.507 e. The Labute approximate surface area is 179 Å². The van der Waals surface area contributed by atoms with Crippen molar-refractivity contribution in [3.63, 3.8) is 0 Å². The molecule has 4 rings (SSSR count). The van der Waals surface area contributed by atoms with E-state index in [1.807, 2.05) is 25.3 Å². The van der Waals surface area contributed by atoms with Crippen LogP contribution >= 0.6 is 40.1 Å². The van der Waals surface area contributed by atoms with E-state index >= 15 is 0 Å². The van der Waals surface area contributed by atoms with Gasteiger partial charge in [-0.25, -0.2) is 4.99 Å². The zero-order valence-corrected chi connectivity index (χ0v) is 17.8. The maximum Gasteiger partial charge on any atom is 0.260 e. The first-order valence-corrected chi connectivity index (χ1v) is 9.87. The van der Waals surface area contributed by atoms with Crippen LogP contribution in [-0.2, 0) is 11.8 Å². The number of carbonyl (C=O) groups is 1. The van der Waals surface area contributed by atoms with Crippen molar-refractivity contribution in [3.05, 3.63) is 47.0 Å². The highest BCUT2D eigenvalue weighted by atomic mass is 79.9. The number of aromatic hydroxyl groups is 1. The van der Waals surface area contributed by atoms with Gasteiger partial charge in [0.25, 0.3) is 5.91 Å². The maximum absolute atomic E-state index is 12.1. The van der Waals surface area contributed by atoms with Crippen molar-refractivity contribution in [1.29, 1.82) is 0 Å². The molecule has 1 atom stereocenters. The summed E-state index contributed by atoms with van der Waals surface area (Å²) in [4.78, 5) is 20.7. The number of aliphatic imine (C=N–C) groups is 2. The summed E-state index contributed by atoms with van der Waals surface area (Å²) < 4.78 is 2.62. The van der Waals surface area contributed by atoms with Crippen LogP contribution in [0, 0.1) is 5.92 Å². The Morgan fingerprint density at radius 2 is 2.07 bits per heavy atom. The Bertz CT molecular complexity index is 1060. The topological polar surface area (TPSA) is 92.7 Å². The van der Waals surface area contributed by atoms with Crippen molar-refractivity contribution in [2.75, 3.05) is 5.75 Å². The lowest BCUT2D eigenvalue weighted by atomic mass is 9.97. The number of carbonyl (C=O) groups excluding carboxylic acids is 1. The van der Waals surface area contributed by atoms with Crippen molar-refractivity contribution < 1.29 is 9.90 Å². The van der Waals surface area contributed by atoms with Crippen molar-refractivity contribution in [2.24, 2.45) is 23.0 Å². The molecular weight excluding hydrogens is 466 g/mol. The molecule has 0 spiro atoms. The number of fused-ring (bicyclic) bond motifs is 1. The van der Waals surface area contributed by atoms with Gasteiger partial charge in [0.2, 0.25) is 0 Å². The number of nitrogens with zero attached hydrogens (tertiary/aromatic N) is 5. The first kappa shape index (κ1) is 20.5. The normalized spacial score (nSPS) is 17.6. The van der Waals surface area contributed by atoms with Gasteiger partial charge in [-0.05, 0) is 24.3 Å². The van der Waals surface area contributed by atoms with Crippen LogP contribution in [0.5, 0.6) is 5.75 Å². The lowest BCUT2D eigenvalue weighted by Crippen LogP contribution is -2.27. The summed E-state index contributed by atoms with van der Waals surface area (Å²) in [7, 11) is 1.82. The van der Waals surface area contributed by atoms with Gasteiger partial charge in [0.1, 0.15) is 17.5 Å². The highest BCUT2D eigenvalue weighted by molar-refractivity contribution is 9.10. The van der Waals surface area contributed by atoms with Crippen LogP contribution in [0.3, 0.4) is 0 Å². The van der Waals surface area contributed by atoms with E-state index in [4.69, 9.17) is 0 Å². The first-order chi connectivity index (χ1) is 13.0. The fourth-order valence-electron chi connectivity index (χ4n) is 2.77. The summed E-state index contributed by atoms with van der Waals surface area (Å²) >= 11 is 4.78.